The van der Waals surface area contributed by atoms with Gasteiger partial charge in [-0.1, -0.05) is 6.07 Å². The number of furan rings is 1. The SMILES string of the molecule is O=C(c1cccc(F)c1)N1CCN(c2ccc([N+](=O)[O-])c(SCc3ccco3)c2)CC1. The first kappa shape index (κ1) is 20.9. The number of amides is 1. The van der Waals surface area contributed by atoms with Gasteiger partial charge in [-0.15, -0.1) is 11.8 Å². The van der Waals surface area contributed by atoms with E-state index in [0.29, 0.717) is 42.4 Å². The summed E-state index contributed by atoms with van der Waals surface area (Å²) in [6.45, 7) is 2.14. The van der Waals surface area contributed by atoms with Gasteiger partial charge < -0.3 is 14.2 Å². The number of rotatable bonds is 6. The highest BCUT2D eigenvalue weighted by Gasteiger charge is 2.24. The summed E-state index contributed by atoms with van der Waals surface area (Å²) in [5, 5.41) is 11.4. The van der Waals surface area contributed by atoms with Crippen molar-refractivity contribution in [2.45, 2.75) is 10.6 Å². The molecule has 0 spiro atoms. The Morgan fingerprint density at radius 3 is 2.58 bits per heavy atom. The fourth-order valence-corrected chi connectivity index (χ4v) is 4.44. The smallest absolute Gasteiger partial charge is 0.283 e. The summed E-state index contributed by atoms with van der Waals surface area (Å²) in [5.74, 6) is 0.606. The number of thioether (sulfide) groups is 1. The third-order valence-electron chi connectivity index (χ3n) is 5.09. The van der Waals surface area contributed by atoms with Gasteiger partial charge in [-0.05, 0) is 42.5 Å². The second-order valence-electron chi connectivity index (χ2n) is 7.07. The van der Waals surface area contributed by atoms with Crippen molar-refractivity contribution >= 4 is 29.0 Å². The quantitative estimate of drug-likeness (QED) is 0.316. The van der Waals surface area contributed by atoms with Crippen molar-refractivity contribution in [3.63, 3.8) is 0 Å². The van der Waals surface area contributed by atoms with Gasteiger partial charge in [-0.2, -0.15) is 0 Å². The average molecular weight is 441 g/mol. The summed E-state index contributed by atoms with van der Waals surface area (Å²) in [5.41, 5.74) is 1.26. The predicted octanol–water partition coefficient (Wildman–Crippen LogP) is 4.58. The van der Waals surface area contributed by atoms with Gasteiger partial charge in [0.05, 0.1) is 21.8 Å². The highest BCUT2D eigenvalue weighted by atomic mass is 32.2. The van der Waals surface area contributed by atoms with Crippen molar-refractivity contribution in [1.29, 1.82) is 0 Å². The highest BCUT2D eigenvalue weighted by molar-refractivity contribution is 7.98. The maximum atomic E-state index is 13.4. The topological polar surface area (TPSA) is 79.8 Å². The molecular weight excluding hydrogens is 421 g/mol. The Balaban J connectivity index is 1.44. The summed E-state index contributed by atoms with van der Waals surface area (Å²) in [7, 11) is 0. The number of benzene rings is 2. The first-order chi connectivity index (χ1) is 15.0. The molecule has 4 rings (SSSR count). The summed E-state index contributed by atoms with van der Waals surface area (Å²) in [6, 6.07) is 14.4. The second kappa shape index (κ2) is 9.22. The van der Waals surface area contributed by atoms with Crippen LogP contribution in [0.2, 0.25) is 0 Å². The minimum atomic E-state index is -0.435. The maximum Gasteiger partial charge on any atom is 0.283 e. The molecule has 0 unspecified atom stereocenters. The number of anilines is 1. The third kappa shape index (κ3) is 4.88. The molecule has 1 aliphatic rings. The predicted molar refractivity (Wildman–Crippen MR) is 116 cm³/mol. The molecule has 3 aromatic rings. The van der Waals surface area contributed by atoms with Crippen LogP contribution in [0.25, 0.3) is 0 Å². The van der Waals surface area contributed by atoms with E-state index in [1.54, 1.807) is 29.4 Å². The lowest BCUT2D eigenvalue weighted by molar-refractivity contribution is -0.387. The molecule has 0 atom stereocenters. The van der Waals surface area contributed by atoms with Crippen molar-refractivity contribution in [3.8, 4) is 0 Å². The molecule has 9 heteroatoms. The standard InChI is InChI=1S/C22H20FN3O4S/c23-17-4-1-3-16(13-17)22(27)25-10-8-24(9-11-25)18-6-7-20(26(28)29)21(14-18)31-15-19-5-2-12-30-19/h1-7,12-14H,8-11,15H2. The van der Waals surface area contributed by atoms with Crippen LogP contribution in [0.15, 0.2) is 70.2 Å². The lowest BCUT2D eigenvalue weighted by atomic mass is 10.1. The Hall–Kier alpha value is -3.33. The number of halogens is 1. The average Bonchev–Trinajstić information content (AvgIpc) is 3.31. The van der Waals surface area contributed by atoms with Crippen LogP contribution in [-0.2, 0) is 5.75 Å². The normalized spacial score (nSPS) is 14.0. The number of nitrogens with zero attached hydrogens (tertiary/aromatic N) is 3. The van der Waals surface area contributed by atoms with Gasteiger partial charge in [0.2, 0.25) is 0 Å². The van der Waals surface area contributed by atoms with Crippen LogP contribution < -0.4 is 4.90 Å². The monoisotopic (exact) mass is 441 g/mol. The highest BCUT2D eigenvalue weighted by Crippen LogP contribution is 2.35. The molecule has 1 saturated heterocycles. The Kier molecular flexibility index (Phi) is 6.22. The Bertz CT molecular complexity index is 1080. The molecular formula is C22H20FN3O4S. The summed E-state index contributed by atoms with van der Waals surface area (Å²) in [6.07, 6.45) is 1.57. The molecule has 2 aromatic carbocycles. The molecule has 0 aliphatic carbocycles. The van der Waals surface area contributed by atoms with E-state index in [2.05, 4.69) is 4.90 Å². The molecule has 2 heterocycles. The van der Waals surface area contributed by atoms with Crippen molar-refractivity contribution in [3.05, 3.63) is 88.1 Å². The first-order valence-corrected chi connectivity index (χ1v) is 10.7. The van der Waals surface area contributed by atoms with Crippen LogP contribution in [0.3, 0.4) is 0 Å². The molecule has 0 bridgehead atoms. The van der Waals surface area contributed by atoms with Gasteiger partial charge in [0.25, 0.3) is 11.6 Å². The number of hydrogen-bond acceptors (Lipinski definition) is 6. The minimum absolute atomic E-state index is 0.0558. The Morgan fingerprint density at radius 2 is 1.90 bits per heavy atom. The van der Waals surface area contributed by atoms with E-state index in [1.807, 2.05) is 12.1 Å². The molecule has 31 heavy (non-hydrogen) atoms. The van der Waals surface area contributed by atoms with Crippen LogP contribution in [0, 0.1) is 15.9 Å². The lowest BCUT2D eigenvalue weighted by Crippen LogP contribution is -2.48. The van der Waals surface area contributed by atoms with Gasteiger partial charge in [0.1, 0.15) is 11.6 Å². The number of hydrogen-bond donors (Lipinski definition) is 0. The van der Waals surface area contributed by atoms with E-state index in [-0.39, 0.29) is 16.5 Å². The molecule has 160 valence electrons. The van der Waals surface area contributed by atoms with E-state index in [1.165, 1.54) is 36.0 Å². The minimum Gasteiger partial charge on any atom is -0.468 e. The number of carbonyl (C=O) groups is 1. The van der Waals surface area contributed by atoms with Gasteiger partial charge >= 0.3 is 0 Å². The first-order valence-electron chi connectivity index (χ1n) is 9.74. The number of nitro groups is 1. The third-order valence-corrected chi connectivity index (χ3v) is 6.16. The molecule has 1 aromatic heterocycles. The summed E-state index contributed by atoms with van der Waals surface area (Å²) in [4.78, 5) is 28.0. The van der Waals surface area contributed by atoms with E-state index in [4.69, 9.17) is 4.42 Å². The maximum absolute atomic E-state index is 13.4. The molecule has 1 aliphatic heterocycles. The summed E-state index contributed by atoms with van der Waals surface area (Å²) >= 11 is 1.35. The Morgan fingerprint density at radius 1 is 1.10 bits per heavy atom. The van der Waals surface area contributed by atoms with Crippen molar-refractivity contribution in [1.82, 2.24) is 4.90 Å². The number of carbonyl (C=O) groups excluding carboxylic acids is 1. The molecule has 0 saturated carbocycles. The van der Waals surface area contributed by atoms with Crippen molar-refractivity contribution < 1.29 is 18.5 Å². The fourth-order valence-electron chi connectivity index (χ4n) is 3.48. The van der Waals surface area contributed by atoms with Gasteiger partial charge in [0.15, 0.2) is 0 Å². The van der Waals surface area contributed by atoms with Crippen LogP contribution in [0.1, 0.15) is 16.1 Å². The van der Waals surface area contributed by atoms with Crippen molar-refractivity contribution in [2.24, 2.45) is 0 Å². The molecule has 0 N–H and O–H groups in total. The van der Waals surface area contributed by atoms with E-state index < -0.39 is 5.82 Å². The van der Waals surface area contributed by atoms with Crippen LogP contribution in [0.5, 0.6) is 0 Å². The molecule has 0 radical (unpaired) electrons. The van der Waals surface area contributed by atoms with Crippen molar-refractivity contribution in [2.75, 3.05) is 31.1 Å². The van der Waals surface area contributed by atoms with Crippen LogP contribution in [-0.4, -0.2) is 41.9 Å². The number of nitro benzene ring substituents is 1. The molecule has 1 fully saturated rings. The largest absolute Gasteiger partial charge is 0.468 e. The molecule has 7 nitrogen and oxygen atoms in total. The fraction of sp³-hybridized carbons (Fsp3) is 0.227. The zero-order valence-electron chi connectivity index (χ0n) is 16.6. The van der Waals surface area contributed by atoms with Gasteiger partial charge in [-0.3, -0.25) is 14.9 Å². The zero-order valence-corrected chi connectivity index (χ0v) is 17.4. The van der Waals surface area contributed by atoms with E-state index in [9.17, 15) is 19.3 Å². The van der Waals surface area contributed by atoms with Crippen LogP contribution >= 0.6 is 11.8 Å². The van der Waals surface area contributed by atoms with E-state index in [0.717, 1.165) is 11.4 Å². The summed E-state index contributed by atoms with van der Waals surface area (Å²) < 4.78 is 18.7. The Labute approximate surface area is 182 Å². The zero-order chi connectivity index (χ0) is 21.8. The molecule has 1 amide bonds. The van der Waals surface area contributed by atoms with Gasteiger partial charge in [-0.25, -0.2) is 4.39 Å². The van der Waals surface area contributed by atoms with Crippen LogP contribution in [0.4, 0.5) is 15.8 Å². The lowest BCUT2D eigenvalue weighted by Gasteiger charge is -2.36. The second-order valence-corrected chi connectivity index (χ2v) is 8.08. The van der Waals surface area contributed by atoms with E-state index >= 15 is 0 Å². The number of piperazine rings is 1. The van der Waals surface area contributed by atoms with Gasteiger partial charge in [0, 0.05) is 43.5 Å².